The van der Waals surface area contributed by atoms with Crippen LogP contribution in [0, 0.1) is 5.41 Å². The van der Waals surface area contributed by atoms with E-state index in [0.717, 1.165) is 49.2 Å². The van der Waals surface area contributed by atoms with Crippen molar-refractivity contribution in [1.29, 1.82) is 0 Å². The van der Waals surface area contributed by atoms with E-state index < -0.39 is 5.91 Å². The van der Waals surface area contributed by atoms with Gasteiger partial charge in [0.15, 0.2) is 0 Å². The van der Waals surface area contributed by atoms with Gasteiger partial charge in [0.05, 0.1) is 17.4 Å². The molecule has 0 unspecified atom stereocenters. The van der Waals surface area contributed by atoms with E-state index in [9.17, 15) is 4.79 Å². The lowest BCUT2D eigenvalue weighted by atomic mass is 9.92. The highest BCUT2D eigenvalue weighted by molar-refractivity contribution is 5.91. The minimum Gasteiger partial charge on any atom is -0.329 e. The van der Waals surface area contributed by atoms with E-state index in [0.29, 0.717) is 5.41 Å². The van der Waals surface area contributed by atoms with Gasteiger partial charge in [-0.1, -0.05) is 33.8 Å². The summed E-state index contributed by atoms with van der Waals surface area (Å²) in [6.07, 6.45) is 7.17. The smallest absolute Gasteiger partial charge is 0.267 e. The number of imidazole rings is 1. The van der Waals surface area contributed by atoms with Crippen molar-refractivity contribution in [3.05, 3.63) is 36.2 Å². The van der Waals surface area contributed by atoms with Crippen LogP contribution in [-0.2, 0) is 11.3 Å². The maximum Gasteiger partial charge on any atom is 0.267 e. The normalized spacial score (nSPS) is 12.4. The maximum atomic E-state index is 11.1. The van der Waals surface area contributed by atoms with Gasteiger partial charge in [0, 0.05) is 19.2 Å². The fraction of sp³-hybridized carbons (Fsp3) is 0.524. The Balaban J connectivity index is 2.03. The maximum absolute atomic E-state index is 11.1. The Kier molecular flexibility index (Phi) is 7.56. The number of rotatable bonds is 9. The molecule has 0 radical (unpaired) electrons. The predicted octanol–water partition coefficient (Wildman–Crippen LogP) is 3.70. The Morgan fingerprint density at radius 1 is 1.30 bits per heavy atom. The molecule has 0 bridgehead atoms. The monoisotopic (exact) mass is 372 g/mol. The molecule has 6 heteroatoms. The molecule has 0 atom stereocenters. The second kappa shape index (κ2) is 9.67. The first-order chi connectivity index (χ1) is 12.8. The molecule has 0 aliphatic carbocycles. The summed E-state index contributed by atoms with van der Waals surface area (Å²) in [6, 6.07) is 5.92. The van der Waals surface area contributed by atoms with Crippen LogP contribution in [0.25, 0.3) is 17.1 Å². The molecule has 1 amide bonds. The van der Waals surface area contributed by atoms with Gasteiger partial charge < -0.3 is 9.47 Å². The van der Waals surface area contributed by atoms with E-state index in [-0.39, 0.29) is 0 Å². The van der Waals surface area contributed by atoms with E-state index in [1.807, 2.05) is 24.5 Å². The number of hydroxylamine groups is 1. The SMILES string of the molecule is CCCN(CCn1cnc2cc(C=CC(=O)NO)ccc21)CCC(C)(C)C. The molecular formula is C21H32N4O2. The number of aromatic nitrogens is 2. The van der Waals surface area contributed by atoms with Crippen LogP contribution in [0.15, 0.2) is 30.6 Å². The molecule has 6 nitrogen and oxygen atoms in total. The molecule has 0 aliphatic rings. The topological polar surface area (TPSA) is 70.4 Å². The van der Waals surface area contributed by atoms with Crippen LogP contribution in [0.1, 0.15) is 46.1 Å². The fourth-order valence-corrected chi connectivity index (χ4v) is 2.97. The van der Waals surface area contributed by atoms with Gasteiger partial charge in [-0.25, -0.2) is 10.5 Å². The van der Waals surface area contributed by atoms with Gasteiger partial charge in [0.25, 0.3) is 5.91 Å². The van der Waals surface area contributed by atoms with Crippen LogP contribution < -0.4 is 5.48 Å². The molecule has 2 N–H and O–H groups in total. The van der Waals surface area contributed by atoms with Crippen molar-refractivity contribution in [2.75, 3.05) is 19.6 Å². The highest BCUT2D eigenvalue weighted by Gasteiger charge is 2.13. The molecule has 148 valence electrons. The van der Waals surface area contributed by atoms with Gasteiger partial charge >= 0.3 is 0 Å². The van der Waals surface area contributed by atoms with Gasteiger partial charge in [-0.15, -0.1) is 0 Å². The number of amides is 1. The van der Waals surface area contributed by atoms with Crippen molar-refractivity contribution in [2.24, 2.45) is 5.41 Å². The highest BCUT2D eigenvalue weighted by Crippen LogP contribution is 2.19. The van der Waals surface area contributed by atoms with Crippen molar-refractivity contribution < 1.29 is 10.0 Å². The molecule has 0 saturated carbocycles. The molecule has 0 saturated heterocycles. The lowest BCUT2D eigenvalue weighted by Gasteiger charge is -2.26. The molecule has 0 aliphatic heterocycles. The van der Waals surface area contributed by atoms with E-state index in [2.05, 4.69) is 42.1 Å². The third kappa shape index (κ3) is 6.81. The molecule has 2 rings (SSSR count). The van der Waals surface area contributed by atoms with Crippen LogP contribution >= 0.6 is 0 Å². The Morgan fingerprint density at radius 3 is 2.74 bits per heavy atom. The molecular weight excluding hydrogens is 340 g/mol. The molecule has 2 aromatic rings. The number of carbonyl (C=O) groups is 1. The van der Waals surface area contributed by atoms with Gasteiger partial charge in [-0.2, -0.15) is 0 Å². The Bertz CT molecular complexity index is 774. The first-order valence-electron chi connectivity index (χ1n) is 9.62. The third-order valence-corrected chi connectivity index (χ3v) is 4.56. The zero-order valence-corrected chi connectivity index (χ0v) is 16.9. The van der Waals surface area contributed by atoms with Gasteiger partial charge in [0.1, 0.15) is 0 Å². The van der Waals surface area contributed by atoms with Crippen molar-refractivity contribution >= 4 is 23.0 Å². The largest absolute Gasteiger partial charge is 0.329 e. The van der Waals surface area contributed by atoms with Gasteiger partial charge in [-0.05, 0) is 55.1 Å². The highest BCUT2D eigenvalue weighted by atomic mass is 16.5. The number of hydrogen-bond acceptors (Lipinski definition) is 4. The zero-order chi connectivity index (χ0) is 19.9. The summed E-state index contributed by atoms with van der Waals surface area (Å²) in [5.41, 5.74) is 4.79. The molecule has 0 spiro atoms. The lowest BCUT2D eigenvalue weighted by Crippen LogP contribution is -2.31. The minimum absolute atomic E-state index is 0.352. The summed E-state index contributed by atoms with van der Waals surface area (Å²) in [5, 5.41) is 8.54. The number of carbonyl (C=O) groups excluding carboxylic acids is 1. The number of nitrogens with one attached hydrogen (secondary N) is 1. The lowest BCUT2D eigenvalue weighted by molar-refractivity contribution is -0.124. The standard InChI is InChI=1S/C21H32N4O2/c1-5-11-24(12-10-21(2,3)4)13-14-25-16-22-18-15-17(6-8-19(18)25)7-9-20(26)23-27/h6-9,15-16,27H,5,10-14H2,1-4H3,(H,23,26). The quantitative estimate of drug-likeness (QED) is 0.400. The van der Waals surface area contributed by atoms with Crippen LogP contribution in [0.5, 0.6) is 0 Å². The summed E-state index contributed by atoms with van der Waals surface area (Å²) < 4.78 is 2.18. The van der Waals surface area contributed by atoms with E-state index >= 15 is 0 Å². The second-order valence-electron chi connectivity index (χ2n) is 8.15. The summed E-state index contributed by atoms with van der Waals surface area (Å²) in [6.45, 7) is 13.2. The van der Waals surface area contributed by atoms with Gasteiger partial charge in [-0.3, -0.25) is 10.0 Å². The predicted molar refractivity (Wildman–Crippen MR) is 109 cm³/mol. The minimum atomic E-state index is -0.549. The summed E-state index contributed by atoms with van der Waals surface area (Å²) in [7, 11) is 0. The molecule has 27 heavy (non-hydrogen) atoms. The summed E-state index contributed by atoms with van der Waals surface area (Å²) in [4.78, 5) is 18.1. The van der Waals surface area contributed by atoms with Crippen molar-refractivity contribution in [1.82, 2.24) is 19.9 Å². The van der Waals surface area contributed by atoms with Crippen LogP contribution in [0.4, 0.5) is 0 Å². The number of hydrogen-bond donors (Lipinski definition) is 2. The Morgan fingerprint density at radius 2 is 2.07 bits per heavy atom. The average molecular weight is 373 g/mol. The Hall–Kier alpha value is -2.18. The second-order valence-corrected chi connectivity index (χ2v) is 8.15. The summed E-state index contributed by atoms with van der Waals surface area (Å²) in [5.74, 6) is -0.549. The van der Waals surface area contributed by atoms with Crippen molar-refractivity contribution in [2.45, 2.75) is 47.1 Å². The van der Waals surface area contributed by atoms with E-state index in [4.69, 9.17) is 5.21 Å². The Labute approximate surface area is 161 Å². The van der Waals surface area contributed by atoms with Crippen molar-refractivity contribution in [3.8, 4) is 0 Å². The van der Waals surface area contributed by atoms with Crippen LogP contribution in [0.2, 0.25) is 0 Å². The molecule has 0 fully saturated rings. The number of fused-ring (bicyclic) bond motifs is 1. The number of benzene rings is 1. The van der Waals surface area contributed by atoms with Crippen LogP contribution in [0.3, 0.4) is 0 Å². The third-order valence-electron chi connectivity index (χ3n) is 4.56. The first-order valence-corrected chi connectivity index (χ1v) is 9.62. The molecule has 1 heterocycles. The molecule has 1 aromatic heterocycles. The number of nitrogens with zero attached hydrogens (tertiary/aromatic N) is 3. The average Bonchev–Trinajstić information content (AvgIpc) is 3.03. The van der Waals surface area contributed by atoms with Crippen LogP contribution in [-0.4, -0.2) is 45.2 Å². The van der Waals surface area contributed by atoms with Gasteiger partial charge in [0.2, 0.25) is 0 Å². The first kappa shape index (κ1) is 21.1. The summed E-state index contributed by atoms with van der Waals surface area (Å²) >= 11 is 0. The van der Waals surface area contributed by atoms with E-state index in [1.165, 1.54) is 12.5 Å². The fourth-order valence-electron chi connectivity index (χ4n) is 2.97. The zero-order valence-electron chi connectivity index (χ0n) is 16.9. The van der Waals surface area contributed by atoms with E-state index in [1.54, 1.807) is 11.6 Å². The van der Waals surface area contributed by atoms with Crippen molar-refractivity contribution in [3.63, 3.8) is 0 Å². The molecule has 1 aromatic carbocycles.